The molecule has 1 aliphatic heterocycles. The highest BCUT2D eigenvalue weighted by atomic mass is 16.6. The van der Waals surface area contributed by atoms with E-state index in [4.69, 9.17) is 9.84 Å². The van der Waals surface area contributed by atoms with Crippen molar-refractivity contribution in [3.63, 3.8) is 0 Å². The Morgan fingerprint density at radius 2 is 2.07 bits per heavy atom. The molecule has 0 aromatic rings. The molecule has 0 spiro atoms. The lowest BCUT2D eigenvalue weighted by molar-refractivity contribution is 0.0281. The molecule has 0 radical (unpaired) electrons. The van der Waals surface area contributed by atoms with Crippen LogP contribution in [0.3, 0.4) is 0 Å². The molecule has 1 heterocycles. The Morgan fingerprint density at radius 1 is 1.47 bits per heavy atom. The monoisotopic (exact) mass is 215 g/mol. The number of hydrogen-bond acceptors (Lipinski definition) is 3. The van der Waals surface area contributed by atoms with E-state index in [2.05, 4.69) is 0 Å². The molecule has 2 atom stereocenters. The van der Waals surface area contributed by atoms with Crippen molar-refractivity contribution < 1.29 is 14.6 Å². The molecule has 15 heavy (non-hydrogen) atoms. The summed E-state index contributed by atoms with van der Waals surface area (Å²) >= 11 is 0. The topological polar surface area (TPSA) is 49.8 Å². The molecule has 1 saturated heterocycles. The van der Waals surface area contributed by atoms with Crippen molar-refractivity contribution >= 4 is 6.09 Å². The van der Waals surface area contributed by atoms with E-state index in [-0.39, 0.29) is 18.6 Å². The highest BCUT2D eigenvalue weighted by molar-refractivity contribution is 5.68. The summed E-state index contributed by atoms with van der Waals surface area (Å²) in [6.07, 6.45) is -0.273. The summed E-state index contributed by atoms with van der Waals surface area (Å²) in [7, 11) is 0. The fourth-order valence-electron chi connectivity index (χ4n) is 1.75. The van der Waals surface area contributed by atoms with E-state index in [1.165, 1.54) is 0 Å². The molecular formula is C11H21NO3. The molecular weight excluding hydrogens is 194 g/mol. The van der Waals surface area contributed by atoms with Gasteiger partial charge >= 0.3 is 6.09 Å². The van der Waals surface area contributed by atoms with E-state index < -0.39 is 5.60 Å². The van der Waals surface area contributed by atoms with E-state index in [9.17, 15) is 4.79 Å². The van der Waals surface area contributed by atoms with Gasteiger partial charge in [-0.3, -0.25) is 0 Å². The van der Waals surface area contributed by atoms with Gasteiger partial charge in [0.25, 0.3) is 0 Å². The third-order valence-corrected chi connectivity index (χ3v) is 2.65. The summed E-state index contributed by atoms with van der Waals surface area (Å²) in [6, 6.07) is 0. The summed E-state index contributed by atoms with van der Waals surface area (Å²) in [5.41, 5.74) is -0.447. The zero-order valence-corrected chi connectivity index (χ0v) is 9.99. The summed E-state index contributed by atoms with van der Waals surface area (Å²) < 4.78 is 5.27. The number of aliphatic hydroxyl groups excluding tert-OH is 1. The van der Waals surface area contributed by atoms with Crippen LogP contribution >= 0.6 is 0 Å². The molecule has 88 valence electrons. The number of nitrogens with zero attached hydrogens (tertiary/aromatic N) is 1. The Hall–Kier alpha value is -0.770. The molecule has 0 aromatic heterocycles. The molecule has 1 rings (SSSR count). The predicted molar refractivity (Wildman–Crippen MR) is 57.5 cm³/mol. The van der Waals surface area contributed by atoms with Crippen molar-refractivity contribution in [2.75, 3.05) is 19.7 Å². The first-order valence-electron chi connectivity index (χ1n) is 5.42. The molecule has 0 saturated carbocycles. The van der Waals surface area contributed by atoms with Crippen LogP contribution in [-0.2, 0) is 4.74 Å². The lowest BCUT2D eigenvalue weighted by Gasteiger charge is -2.24. The van der Waals surface area contributed by atoms with Crippen molar-refractivity contribution in [3.05, 3.63) is 0 Å². The molecule has 2 unspecified atom stereocenters. The Kier molecular flexibility index (Phi) is 3.60. The van der Waals surface area contributed by atoms with Gasteiger partial charge in [0.1, 0.15) is 5.60 Å². The van der Waals surface area contributed by atoms with Crippen LogP contribution < -0.4 is 0 Å². The lowest BCUT2D eigenvalue weighted by atomic mass is 10.00. The average Bonchev–Trinajstić information content (AvgIpc) is 2.43. The SMILES string of the molecule is CC1CN(C(=O)OC(C)(C)C)CC1CO. The summed E-state index contributed by atoms with van der Waals surface area (Å²) in [5.74, 6) is 0.542. The van der Waals surface area contributed by atoms with Crippen LogP contribution in [0.4, 0.5) is 4.79 Å². The van der Waals surface area contributed by atoms with Gasteiger partial charge in [0.2, 0.25) is 0 Å². The standard InChI is InChI=1S/C11H21NO3/c1-8-5-12(6-9(8)7-13)10(14)15-11(2,3)4/h8-9,13H,5-7H2,1-4H3. The number of likely N-dealkylation sites (tertiary alicyclic amines) is 1. The fourth-order valence-corrected chi connectivity index (χ4v) is 1.75. The lowest BCUT2D eigenvalue weighted by Crippen LogP contribution is -2.35. The number of ether oxygens (including phenoxy) is 1. The molecule has 0 aliphatic carbocycles. The number of carbonyl (C=O) groups is 1. The van der Waals surface area contributed by atoms with Gasteiger partial charge in [-0.05, 0) is 26.7 Å². The van der Waals surface area contributed by atoms with E-state index >= 15 is 0 Å². The number of hydrogen-bond donors (Lipinski definition) is 1. The fraction of sp³-hybridized carbons (Fsp3) is 0.909. The van der Waals surface area contributed by atoms with Crippen molar-refractivity contribution in [3.8, 4) is 0 Å². The quantitative estimate of drug-likeness (QED) is 0.720. The summed E-state index contributed by atoms with van der Waals surface area (Å²) in [4.78, 5) is 13.4. The molecule has 1 amide bonds. The van der Waals surface area contributed by atoms with Gasteiger partial charge < -0.3 is 14.7 Å². The highest BCUT2D eigenvalue weighted by Crippen LogP contribution is 2.24. The number of rotatable bonds is 1. The van der Waals surface area contributed by atoms with E-state index in [0.717, 1.165) is 0 Å². The Balaban J connectivity index is 2.50. The molecule has 1 N–H and O–H groups in total. The molecule has 0 bridgehead atoms. The number of aliphatic hydroxyl groups is 1. The van der Waals surface area contributed by atoms with Gasteiger partial charge in [-0.25, -0.2) is 4.79 Å². The van der Waals surface area contributed by atoms with Crippen LogP contribution in [0.1, 0.15) is 27.7 Å². The average molecular weight is 215 g/mol. The molecule has 4 heteroatoms. The van der Waals surface area contributed by atoms with Gasteiger partial charge in [0, 0.05) is 25.6 Å². The van der Waals surface area contributed by atoms with Crippen LogP contribution in [0.25, 0.3) is 0 Å². The molecule has 0 aromatic carbocycles. The first-order valence-corrected chi connectivity index (χ1v) is 5.42. The predicted octanol–water partition coefficient (Wildman–Crippen LogP) is 1.48. The second kappa shape index (κ2) is 4.39. The van der Waals surface area contributed by atoms with Crippen LogP contribution in [0.5, 0.6) is 0 Å². The Morgan fingerprint density at radius 3 is 2.47 bits per heavy atom. The summed E-state index contributed by atoms with van der Waals surface area (Å²) in [6.45, 7) is 9.04. The molecule has 4 nitrogen and oxygen atoms in total. The van der Waals surface area contributed by atoms with Gasteiger partial charge in [0.05, 0.1) is 0 Å². The third kappa shape index (κ3) is 3.38. The van der Waals surface area contributed by atoms with E-state index in [1.807, 2.05) is 27.7 Å². The first kappa shape index (κ1) is 12.3. The van der Waals surface area contributed by atoms with Crippen molar-refractivity contribution in [1.82, 2.24) is 4.90 Å². The van der Waals surface area contributed by atoms with Crippen molar-refractivity contribution in [2.45, 2.75) is 33.3 Å². The number of carbonyl (C=O) groups excluding carboxylic acids is 1. The van der Waals surface area contributed by atoms with Crippen LogP contribution in [-0.4, -0.2) is 41.4 Å². The second-order valence-corrected chi connectivity index (χ2v) is 5.31. The smallest absolute Gasteiger partial charge is 0.410 e. The summed E-state index contributed by atoms with van der Waals surface area (Å²) in [5, 5.41) is 9.09. The van der Waals surface area contributed by atoms with Gasteiger partial charge in [-0.15, -0.1) is 0 Å². The zero-order chi connectivity index (χ0) is 11.6. The highest BCUT2D eigenvalue weighted by Gasteiger charge is 2.34. The normalized spacial score (nSPS) is 26.9. The van der Waals surface area contributed by atoms with E-state index in [1.54, 1.807) is 4.90 Å². The largest absolute Gasteiger partial charge is 0.444 e. The zero-order valence-electron chi connectivity index (χ0n) is 9.99. The molecule has 1 fully saturated rings. The molecule has 1 aliphatic rings. The Bertz CT molecular complexity index is 234. The van der Waals surface area contributed by atoms with Gasteiger partial charge in [0.15, 0.2) is 0 Å². The van der Waals surface area contributed by atoms with Gasteiger partial charge in [-0.1, -0.05) is 6.92 Å². The van der Waals surface area contributed by atoms with Crippen LogP contribution in [0.15, 0.2) is 0 Å². The minimum Gasteiger partial charge on any atom is -0.444 e. The number of amides is 1. The van der Waals surface area contributed by atoms with E-state index in [0.29, 0.717) is 19.0 Å². The Labute approximate surface area is 91.2 Å². The van der Waals surface area contributed by atoms with Crippen LogP contribution in [0.2, 0.25) is 0 Å². The van der Waals surface area contributed by atoms with Gasteiger partial charge in [-0.2, -0.15) is 0 Å². The van der Waals surface area contributed by atoms with Crippen molar-refractivity contribution in [2.24, 2.45) is 11.8 Å². The second-order valence-electron chi connectivity index (χ2n) is 5.31. The minimum atomic E-state index is -0.447. The maximum absolute atomic E-state index is 11.7. The third-order valence-electron chi connectivity index (χ3n) is 2.65. The maximum Gasteiger partial charge on any atom is 0.410 e. The minimum absolute atomic E-state index is 0.139. The first-order chi connectivity index (χ1) is 6.83. The maximum atomic E-state index is 11.7. The van der Waals surface area contributed by atoms with Crippen LogP contribution in [0, 0.1) is 11.8 Å². The van der Waals surface area contributed by atoms with Crippen molar-refractivity contribution in [1.29, 1.82) is 0 Å².